The van der Waals surface area contributed by atoms with Crippen molar-refractivity contribution in [3.05, 3.63) is 0 Å². The number of rotatable bonds is 3. The first-order chi connectivity index (χ1) is 6.70. The van der Waals surface area contributed by atoms with Gasteiger partial charge in [0.15, 0.2) is 0 Å². The standard InChI is InChI=1S/C13H25N/c1-3-10-6-5-7-12(8-10)13(14)9-11(13)4-2/h10-12H,3-9,14H2,1-2H3. The van der Waals surface area contributed by atoms with Crippen molar-refractivity contribution in [1.82, 2.24) is 0 Å². The van der Waals surface area contributed by atoms with E-state index in [0.29, 0.717) is 0 Å². The SMILES string of the molecule is CCC1CCCC(C2(N)CC2CC)C1. The van der Waals surface area contributed by atoms with Crippen LogP contribution in [0.2, 0.25) is 0 Å². The van der Waals surface area contributed by atoms with Crippen LogP contribution in [0.15, 0.2) is 0 Å². The van der Waals surface area contributed by atoms with Crippen molar-refractivity contribution in [2.45, 2.75) is 64.3 Å². The molecular weight excluding hydrogens is 170 g/mol. The average molecular weight is 195 g/mol. The molecule has 0 aliphatic heterocycles. The highest BCUT2D eigenvalue weighted by Crippen LogP contribution is 2.53. The van der Waals surface area contributed by atoms with Crippen LogP contribution in [-0.4, -0.2) is 5.54 Å². The second-order valence-electron chi connectivity index (χ2n) is 5.56. The highest BCUT2D eigenvalue weighted by Gasteiger charge is 2.54. The van der Waals surface area contributed by atoms with Crippen molar-refractivity contribution in [2.75, 3.05) is 0 Å². The molecule has 0 saturated heterocycles. The van der Waals surface area contributed by atoms with Crippen molar-refractivity contribution in [2.24, 2.45) is 23.5 Å². The Morgan fingerprint density at radius 2 is 2.00 bits per heavy atom. The smallest absolute Gasteiger partial charge is 0.0215 e. The van der Waals surface area contributed by atoms with Crippen LogP contribution < -0.4 is 5.73 Å². The summed E-state index contributed by atoms with van der Waals surface area (Å²) in [5.74, 6) is 2.68. The number of nitrogens with two attached hydrogens (primary N) is 1. The fraction of sp³-hybridized carbons (Fsp3) is 1.00. The van der Waals surface area contributed by atoms with E-state index in [1.807, 2.05) is 0 Å². The second kappa shape index (κ2) is 3.84. The summed E-state index contributed by atoms with van der Waals surface area (Å²) in [6.07, 6.45) is 9.68. The van der Waals surface area contributed by atoms with Gasteiger partial charge < -0.3 is 5.73 Å². The predicted octanol–water partition coefficient (Wildman–Crippen LogP) is 3.33. The largest absolute Gasteiger partial charge is 0.325 e. The van der Waals surface area contributed by atoms with Crippen LogP contribution in [0, 0.1) is 17.8 Å². The van der Waals surface area contributed by atoms with E-state index in [2.05, 4.69) is 13.8 Å². The predicted molar refractivity (Wildman–Crippen MR) is 61.1 cm³/mol. The Labute approximate surface area is 88.4 Å². The van der Waals surface area contributed by atoms with Crippen LogP contribution in [0.5, 0.6) is 0 Å². The first kappa shape index (κ1) is 10.5. The maximum atomic E-state index is 6.49. The molecule has 0 bridgehead atoms. The Hall–Kier alpha value is -0.0400. The molecule has 0 spiro atoms. The Kier molecular flexibility index (Phi) is 2.88. The molecule has 0 heterocycles. The molecule has 2 fully saturated rings. The maximum Gasteiger partial charge on any atom is 0.0215 e. The summed E-state index contributed by atoms with van der Waals surface area (Å²) in [5.41, 5.74) is 6.76. The van der Waals surface area contributed by atoms with E-state index in [0.717, 1.165) is 17.8 Å². The van der Waals surface area contributed by atoms with Gasteiger partial charge in [-0.25, -0.2) is 0 Å². The van der Waals surface area contributed by atoms with E-state index in [9.17, 15) is 0 Å². The fourth-order valence-electron chi connectivity index (χ4n) is 3.54. The van der Waals surface area contributed by atoms with Gasteiger partial charge in [-0.05, 0) is 37.0 Å². The van der Waals surface area contributed by atoms with Gasteiger partial charge in [-0.3, -0.25) is 0 Å². The molecule has 2 saturated carbocycles. The van der Waals surface area contributed by atoms with Crippen molar-refractivity contribution in [3.63, 3.8) is 0 Å². The third-order valence-electron chi connectivity index (χ3n) is 4.81. The highest BCUT2D eigenvalue weighted by molar-refractivity contribution is 5.11. The summed E-state index contributed by atoms with van der Waals surface area (Å²) in [6.45, 7) is 4.62. The van der Waals surface area contributed by atoms with Crippen LogP contribution in [0.3, 0.4) is 0 Å². The monoisotopic (exact) mass is 195 g/mol. The second-order valence-corrected chi connectivity index (χ2v) is 5.56. The first-order valence-electron chi connectivity index (χ1n) is 6.49. The third kappa shape index (κ3) is 1.71. The molecule has 0 amide bonds. The summed E-state index contributed by atoms with van der Waals surface area (Å²) in [4.78, 5) is 0. The van der Waals surface area contributed by atoms with Crippen molar-refractivity contribution in [1.29, 1.82) is 0 Å². The Bertz CT molecular complexity index is 201. The van der Waals surface area contributed by atoms with Crippen LogP contribution in [0.4, 0.5) is 0 Å². The molecule has 1 nitrogen and oxygen atoms in total. The lowest BCUT2D eigenvalue weighted by molar-refractivity contribution is 0.210. The molecule has 4 unspecified atom stereocenters. The van der Waals surface area contributed by atoms with E-state index >= 15 is 0 Å². The normalized spacial score (nSPS) is 47.8. The van der Waals surface area contributed by atoms with Gasteiger partial charge in [-0.1, -0.05) is 39.5 Å². The van der Waals surface area contributed by atoms with E-state index in [4.69, 9.17) is 5.73 Å². The van der Waals surface area contributed by atoms with Gasteiger partial charge in [0.05, 0.1) is 0 Å². The summed E-state index contributed by atoms with van der Waals surface area (Å²) in [5, 5.41) is 0. The van der Waals surface area contributed by atoms with Crippen molar-refractivity contribution < 1.29 is 0 Å². The van der Waals surface area contributed by atoms with Gasteiger partial charge in [0, 0.05) is 5.54 Å². The molecule has 0 aromatic rings. The molecule has 0 radical (unpaired) electrons. The molecule has 1 heteroatoms. The average Bonchev–Trinajstić information content (AvgIpc) is 2.92. The molecule has 2 N–H and O–H groups in total. The summed E-state index contributed by atoms with van der Waals surface area (Å²) >= 11 is 0. The Morgan fingerprint density at radius 1 is 1.21 bits per heavy atom. The van der Waals surface area contributed by atoms with Crippen LogP contribution in [0.1, 0.15) is 58.8 Å². The molecule has 2 aliphatic carbocycles. The number of hydrogen-bond donors (Lipinski definition) is 1. The molecule has 82 valence electrons. The third-order valence-corrected chi connectivity index (χ3v) is 4.81. The number of hydrogen-bond acceptors (Lipinski definition) is 1. The zero-order valence-electron chi connectivity index (χ0n) is 9.76. The molecule has 4 atom stereocenters. The Balaban J connectivity index is 1.92. The maximum absolute atomic E-state index is 6.49. The minimum Gasteiger partial charge on any atom is -0.325 e. The van der Waals surface area contributed by atoms with Crippen molar-refractivity contribution in [3.8, 4) is 0 Å². The van der Waals surface area contributed by atoms with E-state index in [1.54, 1.807) is 0 Å². The first-order valence-corrected chi connectivity index (χ1v) is 6.49. The minimum atomic E-state index is 0.266. The fourth-order valence-corrected chi connectivity index (χ4v) is 3.54. The minimum absolute atomic E-state index is 0.266. The molecule has 0 aromatic heterocycles. The van der Waals surface area contributed by atoms with Gasteiger partial charge in [0.2, 0.25) is 0 Å². The van der Waals surface area contributed by atoms with Gasteiger partial charge in [-0.2, -0.15) is 0 Å². The molecule has 0 aromatic carbocycles. The quantitative estimate of drug-likeness (QED) is 0.734. The van der Waals surface area contributed by atoms with Gasteiger partial charge in [0.25, 0.3) is 0 Å². The lowest BCUT2D eigenvalue weighted by atomic mass is 9.75. The zero-order valence-corrected chi connectivity index (χ0v) is 9.76. The zero-order chi connectivity index (χ0) is 10.2. The lowest BCUT2D eigenvalue weighted by Gasteiger charge is -2.33. The van der Waals surface area contributed by atoms with E-state index in [1.165, 1.54) is 44.9 Å². The van der Waals surface area contributed by atoms with Crippen LogP contribution >= 0.6 is 0 Å². The lowest BCUT2D eigenvalue weighted by Crippen LogP contribution is -2.37. The topological polar surface area (TPSA) is 26.0 Å². The van der Waals surface area contributed by atoms with Gasteiger partial charge in [0.1, 0.15) is 0 Å². The molecular formula is C13H25N. The molecule has 2 aliphatic rings. The van der Waals surface area contributed by atoms with Crippen LogP contribution in [-0.2, 0) is 0 Å². The summed E-state index contributed by atoms with van der Waals surface area (Å²) in [6, 6.07) is 0. The summed E-state index contributed by atoms with van der Waals surface area (Å²) in [7, 11) is 0. The molecule has 2 rings (SSSR count). The van der Waals surface area contributed by atoms with E-state index in [-0.39, 0.29) is 5.54 Å². The van der Waals surface area contributed by atoms with E-state index < -0.39 is 0 Å². The van der Waals surface area contributed by atoms with Gasteiger partial charge >= 0.3 is 0 Å². The highest BCUT2D eigenvalue weighted by atomic mass is 14.9. The summed E-state index contributed by atoms with van der Waals surface area (Å²) < 4.78 is 0. The van der Waals surface area contributed by atoms with Crippen LogP contribution in [0.25, 0.3) is 0 Å². The Morgan fingerprint density at radius 3 is 2.57 bits per heavy atom. The molecule has 14 heavy (non-hydrogen) atoms. The van der Waals surface area contributed by atoms with Crippen molar-refractivity contribution >= 4 is 0 Å². The van der Waals surface area contributed by atoms with Gasteiger partial charge in [-0.15, -0.1) is 0 Å².